The lowest BCUT2D eigenvalue weighted by atomic mass is 9.69. The number of nitrogens with zero attached hydrogens (tertiary/aromatic N) is 1. The fourth-order valence-electron chi connectivity index (χ4n) is 6.15. The minimum absolute atomic E-state index is 0.0723. The van der Waals surface area contributed by atoms with Gasteiger partial charge in [-0.15, -0.1) is 0 Å². The number of carbonyl (C=O) groups excluding carboxylic acids is 1. The molecule has 2 aliphatic carbocycles. The van der Waals surface area contributed by atoms with Gasteiger partial charge in [-0.3, -0.25) is 4.79 Å². The molecule has 0 radical (unpaired) electrons. The largest absolute Gasteiger partial charge is 0.416 e. The van der Waals surface area contributed by atoms with Gasteiger partial charge in [0, 0.05) is 37.2 Å². The second kappa shape index (κ2) is 10.0. The van der Waals surface area contributed by atoms with Crippen LogP contribution in [0.4, 0.5) is 30.7 Å². The molecular weight excluding hydrogens is 515 g/mol. The Balaban J connectivity index is 1.41. The molecule has 2 aromatic rings. The molecule has 38 heavy (non-hydrogen) atoms. The molecule has 0 aromatic heterocycles. The molecule has 0 unspecified atom stereocenters. The van der Waals surface area contributed by atoms with Crippen LogP contribution in [0.5, 0.6) is 0 Å². The van der Waals surface area contributed by atoms with E-state index in [1.165, 1.54) is 12.1 Å². The highest BCUT2D eigenvalue weighted by molar-refractivity contribution is 5.92. The Hall–Kier alpha value is -2.88. The molecule has 0 N–H and O–H groups in total. The molecule has 0 spiro atoms. The van der Waals surface area contributed by atoms with Gasteiger partial charge in [0.2, 0.25) is 0 Å². The van der Waals surface area contributed by atoms with Gasteiger partial charge in [0.1, 0.15) is 5.82 Å². The molecule has 0 bridgehead atoms. The zero-order valence-electron chi connectivity index (χ0n) is 20.3. The zero-order chi connectivity index (χ0) is 27.2. The minimum atomic E-state index is -4.94. The van der Waals surface area contributed by atoms with Gasteiger partial charge < -0.3 is 9.64 Å². The van der Waals surface area contributed by atoms with E-state index in [1.54, 1.807) is 18.2 Å². The van der Waals surface area contributed by atoms with Crippen LogP contribution >= 0.6 is 0 Å². The van der Waals surface area contributed by atoms with Crippen molar-refractivity contribution in [2.45, 2.75) is 56.7 Å². The maximum atomic E-state index is 13.7. The van der Waals surface area contributed by atoms with Crippen molar-refractivity contribution in [1.29, 1.82) is 0 Å². The number of allylic oxidation sites excluding steroid dienone is 2. The molecular formula is C28H26F7NO2. The predicted molar refractivity (Wildman–Crippen MR) is 124 cm³/mol. The van der Waals surface area contributed by atoms with Gasteiger partial charge in [-0.2, -0.15) is 26.3 Å². The number of likely N-dealkylation sites (tertiary alicyclic amines) is 1. The molecule has 2 fully saturated rings. The first-order valence-corrected chi connectivity index (χ1v) is 12.5. The van der Waals surface area contributed by atoms with Crippen LogP contribution in [0.3, 0.4) is 0 Å². The number of carbonyl (C=O) groups is 1. The van der Waals surface area contributed by atoms with Crippen molar-refractivity contribution in [3.63, 3.8) is 0 Å². The first kappa shape index (κ1) is 26.7. The lowest BCUT2D eigenvalue weighted by Crippen LogP contribution is -2.37. The number of hydrogen-bond donors (Lipinski definition) is 0. The molecule has 3 aliphatic rings. The van der Waals surface area contributed by atoms with Crippen LogP contribution in [0, 0.1) is 17.7 Å². The van der Waals surface area contributed by atoms with Crippen molar-refractivity contribution in [2.75, 3.05) is 13.1 Å². The summed E-state index contributed by atoms with van der Waals surface area (Å²) in [6.07, 6.45) is -6.21. The monoisotopic (exact) mass is 541 g/mol. The number of benzene rings is 2. The highest BCUT2D eigenvalue weighted by Gasteiger charge is 2.46. The number of ether oxygens (including phenoxy) is 1. The fourth-order valence-corrected chi connectivity index (χ4v) is 6.15. The number of ketones is 1. The third-order valence-corrected chi connectivity index (χ3v) is 7.90. The van der Waals surface area contributed by atoms with E-state index in [0.29, 0.717) is 37.9 Å². The normalized spacial score (nSPS) is 26.0. The van der Waals surface area contributed by atoms with Gasteiger partial charge in [-0.25, -0.2) is 4.39 Å². The van der Waals surface area contributed by atoms with Crippen LogP contribution < -0.4 is 0 Å². The average molecular weight is 542 g/mol. The second-order valence-electron chi connectivity index (χ2n) is 10.3. The number of alkyl halides is 6. The molecule has 1 heterocycles. The van der Waals surface area contributed by atoms with Crippen LogP contribution in [0.1, 0.15) is 53.9 Å². The van der Waals surface area contributed by atoms with E-state index < -0.39 is 42.0 Å². The lowest BCUT2D eigenvalue weighted by Gasteiger charge is -2.39. The number of fused-ring (bicyclic) bond motifs is 1. The number of halogens is 7. The van der Waals surface area contributed by atoms with Crippen molar-refractivity contribution in [3.05, 3.63) is 82.3 Å². The van der Waals surface area contributed by atoms with Crippen molar-refractivity contribution in [1.82, 2.24) is 4.90 Å². The zero-order valence-corrected chi connectivity index (χ0v) is 20.3. The molecule has 3 nitrogen and oxygen atoms in total. The average Bonchev–Trinajstić information content (AvgIpc) is 3.48. The van der Waals surface area contributed by atoms with Gasteiger partial charge >= 0.3 is 12.4 Å². The first-order chi connectivity index (χ1) is 17.9. The maximum absolute atomic E-state index is 13.7. The summed E-state index contributed by atoms with van der Waals surface area (Å²) < 4.78 is 99.7. The molecule has 5 rings (SSSR count). The predicted octanol–water partition coefficient (Wildman–Crippen LogP) is 7.12. The quantitative estimate of drug-likeness (QED) is 0.378. The Kier molecular flexibility index (Phi) is 7.04. The summed E-state index contributed by atoms with van der Waals surface area (Å²) in [4.78, 5) is 14.0. The van der Waals surface area contributed by atoms with E-state index in [2.05, 4.69) is 4.90 Å². The summed E-state index contributed by atoms with van der Waals surface area (Å²) in [6, 6.07) is 7.47. The summed E-state index contributed by atoms with van der Waals surface area (Å²) in [5.74, 6) is -0.213. The standard InChI is InChI=1S/C28H26F7NO2/c29-21-4-1-17(2-5-21)26-24-14-36(22-6-7-23(37)12-22)13-18(24)3-8-25(26)38-15-16-9-19(27(30,31)32)11-20(10-16)28(33,34)35/h1-2,4-5,9-12,18,24-26H,3,6-8,13-15H2/t18-,24+,25-,26-/m0/s1. The molecule has 204 valence electrons. The van der Waals surface area contributed by atoms with E-state index >= 15 is 0 Å². The van der Waals surface area contributed by atoms with Gasteiger partial charge in [0.25, 0.3) is 0 Å². The molecule has 2 aromatic carbocycles. The maximum Gasteiger partial charge on any atom is 0.416 e. The Morgan fingerprint density at radius 2 is 1.53 bits per heavy atom. The molecule has 1 aliphatic heterocycles. The lowest BCUT2D eigenvalue weighted by molar-refractivity contribution is -0.143. The number of hydrogen-bond acceptors (Lipinski definition) is 3. The Morgan fingerprint density at radius 1 is 0.868 bits per heavy atom. The second-order valence-corrected chi connectivity index (χ2v) is 10.3. The molecule has 4 atom stereocenters. The Bertz CT molecular complexity index is 1190. The summed E-state index contributed by atoms with van der Waals surface area (Å²) >= 11 is 0. The summed E-state index contributed by atoms with van der Waals surface area (Å²) in [5, 5.41) is 0. The van der Waals surface area contributed by atoms with E-state index in [-0.39, 0.29) is 35.2 Å². The smallest absolute Gasteiger partial charge is 0.374 e. The molecule has 10 heteroatoms. The molecule has 0 amide bonds. The van der Waals surface area contributed by atoms with Crippen LogP contribution in [-0.2, 0) is 28.5 Å². The number of rotatable bonds is 5. The first-order valence-electron chi connectivity index (χ1n) is 12.5. The molecule has 1 saturated carbocycles. The third kappa shape index (κ3) is 5.60. The topological polar surface area (TPSA) is 29.5 Å². The van der Waals surface area contributed by atoms with Crippen molar-refractivity contribution >= 4 is 5.78 Å². The summed E-state index contributed by atoms with van der Waals surface area (Å²) in [5.41, 5.74) is -1.17. The Labute approximate surface area is 215 Å². The van der Waals surface area contributed by atoms with E-state index in [4.69, 9.17) is 4.74 Å². The van der Waals surface area contributed by atoms with Gasteiger partial charge in [0.15, 0.2) is 5.78 Å². The highest BCUT2D eigenvalue weighted by Crippen LogP contribution is 2.48. The van der Waals surface area contributed by atoms with E-state index in [9.17, 15) is 35.5 Å². The minimum Gasteiger partial charge on any atom is -0.374 e. The van der Waals surface area contributed by atoms with Crippen LogP contribution in [0.15, 0.2) is 54.2 Å². The molecule has 1 saturated heterocycles. The van der Waals surface area contributed by atoms with Crippen molar-refractivity contribution in [3.8, 4) is 0 Å². The van der Waals surface area contributed by atoms with Crippen LogP contribution in [-0.4, -0.2) is 29.9 Å². The highest BCUT2D eigenvalue weighted by atomic mass is 19.4. The van der Waals surface area contributed by atoms with Gasteiger partial charge in [0.05, 0.1) is 23.8 Å². The van der Waals surface area contributed by atoms with Crippen molar-refractivity contribution in [2.24, 2.45) is 11.8 Å². The fraction of sp³-hybridized carbons (Fsp3) is 0.464. The summed E-state index contributed by atoms with van der Waals surface area (Å²) in [6.45, 7) is 0.986. The van der Waals surface area contributed by atoms with E-state index in [1.807, 2.05) is 0 Å². The van der Waals surface area contributed by atoms with Gasteiger partial charge in [-0.05, 0) is 72.6 Å². The van der Waals surface area contributed by atoms with Crippen molar-refractivity contribution < 1.29 is 40.3 Å². The van der Waals surface area contributed by atoms with Crippen LogP contribution in [0.25, 0.3) is 0 Å². The van der Waals surface area contributed by atoms with Crippen LogP contribution in [0.2, 0.25) is 0 Å². The SMILES string of the molecule is O=C1C=C(N2C[C@@H]3CC[C@H](OCc4cc(C(F)(F)F)cc(C(F)(F)F)c4)[C@@H](c4ccc(F)cc4)[C@@H]3C2)CC1. The Morgan fingerprint density at radius 3 is 2.11 bits per heavy atom. The third-order valence-electron chi connectivity index (χ3n) is 7.90. The summed E-state index contributed by atoms with van der Waals surface area (Å²) in [7, 11) is 0. The van der Waals surface area contributed by atoms with Gasteiger partial charge in [-0.1, -0.05) is 12.1 Å². The van der Waals surface area contributed by atoms with E-state index in [0.717, 1.165) is 24.2 Å².